The van der Waals surface area contributed by atoms with Crippen LogP contribution in [0.4, 0.5) is 21.9 Å². The van der Waals surface area contributed by atoms with Crippen molar-refractivity contribution >= 4 is 23.1 Å². The number of benzene rings is 3. The molecule has 1 N–H and O–H groups in total. The molecule has 0 fully saturated rings. The largest absolute Gasteiger partial charge is 0.497 e. The quantitative estimate of drug-likeness (QED) is 0.667. The maximum Gasteiger partial charge on any atom is 0.326 e. The van der Waals surface area contributed by atoms with Gasteiger partial charge in [0.1, 0.15) is 11.5 Å². The number of fused-ring (bicyclic) bond motifs is 1. The van der Waals surface area contributed by atoms with E-state index in [0.29, 0.717) is 24.5 Å². The van der Waals surface area contributed by atoms with Crippen LogP contribution in [-0.2, 0) is 6.54 Å². The second-order valence-electron chi connectivity index (χ2n) is 7.04. The fourth-order valence-electron chi connectivity index (χ4n) is 3.68. The van der Waals surface area contributed by atoms with Crippen LogP contribution < -0.4 is 24.6 Å². The van der Waals surface area contributed by atoms with E-state index in [1.54, 1.807) is 19.1 Å². The van der Waals surface area contributed by atoms with Crippen LogP contribution in [-0.4, -0.2) is 33.3 Å². The van der Waals surface area contributed by atoms with Gasteiger partial charge in [0.05, 0.1) is 31.3 Å². The van der Waals surface area contributed by atoms with Gasteiger partial charge in [0, 0.05) is 25.7 Å². The molecule has 6 heteroatoms. The number of amides is 2. The van der Waals surface area contributed by atoms with Gasteiger partial charge >= 0.3 is 6.03 Å². The van der Waals surface area contributed by atoms with Crippen LogP contribution in [0.1, 0.15) is 5.56 Å². The third-order valence-corrected chi connectivity index (χ3v) is 5.22. The number of hydrogen-bond donors (Lipinski definition) is 1. The van der Waals surface area contributed by atoms with Crippen LogP contribution >= 0.6 is 0 Å². The number of para-hydroxylation sites is 2. The van der Waals surface area contributed by atoms with Crippen molar-refractivity contribution in [1.82, 2.24) is 0 Å². The first-order valence-electron chi connectivity index (χ1n) is 9.88. The van der Waals surface area contributed by atoms with Gasteiger partial charge in [-0.2, -0.15) is 0 Å². The number of methoxy groups -OCH3 is 2. The van der Waals surface area contributed by atoms with Crippen LogP contribution in [0, 0.1) is 0 Å². The molecule has 30 heavy (non-hydrogen) atoms. The van der Waals surface area contributed by atoms with Gasteiger partial charge in [0.25, 0.3) is 0 Å². The van der Waals surface area contributed by atoms with Gasteiger partial charge in [0.2, 0.25) is 0 Å². The highest BCUT2D eigenvalue weighted by Crippen LogP contribution is 2.37. The lowest BCUT2D eigenvalue weighted by Gasteiger charge is -2.38. The maximum atomic E-state index is 13.1. The molecule has 0 saturated heterocycles. The molecule has 0 bridgehead atoms. The van der Waals surface area contributed by atoms with E-state index in [4.69, 9.17) is 9.47 Å². The standard InChI is InChI=1S/C24H25N3O3/c1-29-19-12-13-21-22(16-19)26(17-18-8-4-3-5-9-18)14-15-27(21)24(28)25-20-10-6-7-11-23(20)30-2/h3-13,16H,14-15,17H2,1-2H3,(H,25,28). The Balaban J connectivity index is 1.62. The van der Waals surface area contributed by atoms with E-state index in [2.05, 4.69) is 22.3 Å². The minimum Gasteiger partial charge on any atom is -0.497 e. The molecule has 4 rings (SSSR count). The Kier molecular flexibility index (Phi) is 5.75. The number of rotatable bonds is 5. The minimum atomic E-state index is -0.190. The summed E-state index contributed by atoms with van der Waals surface area (Å²) in [6, 6.07) is 23.3. The van der Waals surface area contributed by atoms with Crippen molar-refractivity contribution in [2.75, 3.05) is 42.4 Å². The lowest BCUT2D eigenvalue weighted by Crippen LogP contribution is -2.45. The van der Waals surface area contributed by atoms with Gasteiger partial charge in [-0.3, -0.25) is 4.90 Å². The first-order valence-corrected chi connectivity index (χ1v) is 9.88. The summed E-state index contributed by atoms with van der Waals surface area (Å²) in [5, 5.41) is 2.98. The number of carbonyl (C=O) groups is 1. The summed E-state index contributed by atoms with van der Waals surface area (Å²) in [5.41, 5.74) is 3.69. The van der Waals surface area contributed by atoms with Crippen molar-refractivity contribution in [1.29, 1.82) is 0 Å². The Morgan fingerprint density at radius 3 is 2.43 bits per heavy atom. The monoisotopic (exact) mass is 403 g/mol. The van der Waals surface area contributed by atoms with Crippen molar-refractivity contribution in [3.8, 4) is 11.5 Å². The van der Waals surface area contributed by atoms with E-state index in [0.717, 1.165) is 23.7 Å². The number of anilines is 3. The number of nitrogens with one attached hydrogen (secondary N) is 1. The van der Waals surface area contributed by atoms with Gasteiger partial charge in [-0.1, -0.05) is 42.5 Å². The van der Waals surface area contributed by atoms with Gasteiger partial charge in [-0.15, -0.1) is 0 Å². The van der Waals surface area contributed by atoms with Crippen molar-refractivity contribution in [3.05, 3.63) is 78.4 Å². The molecule has 1 aliphatic heterocycles. The second-order valence-corrected chi connectivity index (χ2v) is 7.04. The van der Waals surface area contributed by atoms with E-state index in [1.807, 2.05) is 60.7 Å². The van der Waals surface area contributed by atoms with E-state index < -0.39 is 0 Å². The van der Waals surface area contributed by atoms with Crippen molar-refractivity contribution in [3.63, 3.8) is 0 Å². The van der Waals surface area contributed by atoms with E-state index in [1.165, 1.54) is 5.56 Å². The fourth-order valence-corrected chi connectivity index (χ4v) is 3.68. The number of urea groups is 1. The first-order chi connectivity index (χ1) is 14.7. The molecule has 0 saturated carbocycles. The molecule has 0 aliphatic carbocycles. The maximum absolute atomic E-state index is 13.1. The predicted octanol–water partition coefficient (Wildman–Crippen LogP) is 4.76. The van der Waals surface area contributed by atoms with E-state index in [9.17, 15) is 4.79 Å². The van der Waals surface area contributed by atoms with Crippen molar-refractivity contribution in [2.45, 2.75) is 6.54 Å². The normalized spacial score (nSPS) is 12.9. The SMILES string of the molecule is COc1ccc2c(c1)N(Cc1ccccc1)CCN2C(=O)Nc1ccccc1OC. The van der Waals surface area contributed by atoms with Gasteiger partial charge in [-0.25, -0.2) is 4.79 Å². The van der Waals surface area contributed by atoms with Crippen LogP contribution in [0.15, 0.2) is 72.8 Å². The lowest BCUT2D eigenvalue weighted by molar-refractivity contribution is 0.256. The van der Waals surface area contributed by atoms with Crippen LogP contribution in [0.2, 0.25) is 0 Å². The molecule has 0 radical (unpaired) electrons. The Morgan fingerprint density at radius 2 is 1.67 bits per heavy atom. The Labute approximate surface area is 176 Å². The molecule has 0 spiro atoms. The zero-order chi connectivity index (χ0) is 20.9. The molecule has 3 aromatic rings. The van der Waals surface area contributed by atoms with Crippen LogP contribution in [0.25, 0.3) is 0 Å². The summed E-state index contributed by atoms with van der Waals surface area (Å²) in [4.78, 5) is 17.2. The average Bonchev–Trinajstić information content (AvgIpc) is 2.80. The van der Waals surface area contributed by atoms with E-state index >= 15 is 0 Å². The summed E-state index contributed by atoms with van der Waals surface area (Å²) in [5.74, 6) is 1.39. The molecule has 3 aromatic carbocycles. The first kappa shape index (κ1) is 19.6. The predicted molar refractivity (Wildman–Crippen MR) is 120 cm³/mol. The molecule has 154 valence electrons. The van der Waals surface area contributed by atoms with Gasteiger partial charge in [-0.05, 0) is 29.8 Å². The molecule has 1 heterocycles. The number of nitrogens with zero attached hydrogens (tertiary/aromatic N) is 2. The average molecular weight is 403 g/mol. The highest BCUT2D eigenvalue weighted by atomic mass is 16.5. The Morgan fingerprint density at radius 1 is 0.900 bits per heavy atom. The number of carbonyl (C=O) groups excluding carboxylic acids is 1. The molecule has 2 amide bonds. The molecular formula is C24H25N3O3. The summed E-state index contributed by atoms with van der Waals surface area (Å²) in [6.45, 7) is 2.06. The minimum absolute atomic E-state index is 0.190. The summed E-state index contributed by atoms with van der Waals surface area (Å²) in [6.07, 6.45) is 0. The smallest absolute Gasteiger partial charge is 0.326 e. The fraction of sp³-hybridized carbons (Fsp3) is 0.208. The summed E-state index contributed by atoms with van der Waals surface area (Å²) in [7, 11) is 3.24. The van der Waals surface area contributed by atoms with Crippen molar-refractivity contribution < 1.29 is 14.3 Å². The molecule has 0 aromatic heterocycles. The molecule has 6 nitrogen and oxygen atoms in total. The lowest BCUT2D eigenvalue weighted by atomic mass is 10.1. The number of ether oxygens (including phenoxy) is 2. The van der Waals surface area contributed by atoms with E-state index in [-0.39, 0.29) is 6.03 Å². The third-order valence-electron chi connectivity index (χ3n) is 5.22. The van der Waals surface area contributed by atoms with Gasteiger partial charge < -0.3 is 19.7 Å². The Bertz CT molecular complexity index is 1020. The zero-order valence-corrected chi connectivity index (χ0v) is 17.2. The molecule has 0 unspecified atom stereocenters. The highest BCUT2D eigenvalue weighted by Gasteiger charge is 2.28. The second kappa shape index (κ2) is 8.78. The third kappa shape index (κ3) is 4.03. The van der Waals surface area contributed by atoms with Crippen LogP contribution in [0.5, 0.6) is 11.5 Å². The zero-order valence-electron chi connectivity index (χ0n) is 17.2. The molecule has 0 atom stereocenters. The highest BCUT2D eigenvalue weighted by molar-refractivity contribution is 6.05. The van der Waals surface area contributed by atoms with Gasteiger partial charge in [0.15, 0.2) is 0 Å². The molecular weight excluding hydrogens is 378 g/mol. The topological polar surface area (TPSA) is 54.0 Å². The summed E-state index contributed by atoms with van der Waals surface area (Å²) >= 11 is 0. The van der Waals surface area contributed by atoms with Crippen molar-refractivity contribution in [2.24, 2.45) is 0 Å². The van der Waals surface area contributed by atoms with Crippen LogP contribution in [0.3, 0.4) is 0 Å². The molecule has 1 aliphatic rings. The summed E-state index contributed by atoms with van der Waals surface area (Å²) < 4.78 is 10.8. The number of hydrogen-bond acceptors (Lipinski definition) is 4. The Hall–Kier alpha value is -3.67.